The molecule has 2 heterocycles. The lowest BCUT2D eigenvalue weighted by molar-refractivity contribution is 0.0820. The van der Waals surface area contributed by atoms with Gasteiger partial charge in [-0.15, -0.1) is 0 Å². The number of guanidine groups is 1. The van der Waals surface area contributed by atoms with E-state index >= 15 is 4.39 Å². The van der Waals surface area contributed by atoms with Gasteiger partial charge in [-0.05, 0) is 94.0 Å². The summed E-state index contributed by atoms with van der Waals surface area (Å²) in [7, 11) is 0. The first-order chi connectivity index (χ1) is 21.4. The molecule has 0 amide bonds. The minimum Gasteiger partial charge on any atom is -0.394 e. The average molecular weight is 641 g/mol. The van der Waals surface area contributed by atoms with Crippen LogP contribution >= 0.6 is 11.6 Å². The van der Waals surface area contributed by atoms with Crippen molar-refractivity contribution in [3.05, 3.63) is 81.1 Å². The summed E-state index contributed by atoms with van der Waals surface area (Å²) in [6.45, 7) is 4.17. The Kier molecular flexibility index (Phi) is 11.7. The number of fused-ring (bicyclic) bond motifs is 1. The van der Waals surface area contributed by atoms with E-state index in [-0.39, 0.29) is 42.1 Å². The van der Waals surface area contributed by atoms with Crippen molar-refractivity contribution < 1.29 is 14.6 Å². The van der Waals surface area contributed by atoms with Gasteiger partial charge in [-0.2, -0.15) is 4.98 Å². The number of hydrogen-bond acceptors (Lipinski definition) is 7. The van der Waals surface area contributed by atoms with Gasteiger partial charge in [0.15, 0.2) is 11.8 Å². The Labute approximate surface area is 266 Å². The first-order valence-electron chi connectivity index (χ1n) is 15.0. The first kappa shape index (κ1) is 34.1. The molecule has 0 radical (unpaired) electrons. The summed E-state index contributed by atoms with van der Waals surface area (Å²) in [6, 6.07) is 12.4. The fraction of sp³-hybridized carbons (Fsp3) is 0.406. The summed E-state index contributed by atoms with van der Waals surface area (Å²) in [5.41, 5.74) is 20.1. The second kappa shape index (κ2) is 15.5. The Balaban J connectivity index is 1.48. The smallest absolute Gasteiger partial charge is 0.354 e. The van der Waals surface area contributed by atoms with Crippen LogP contribution in [0.4, 0.5) is 4.39 Å². The molecule has 10 N–H and O–H groups in total. The van der Waals surface area contributed by atoms with E-state index in [1.165, 1.54) is 4.57 Å². The van der Waals surface area contributed by atoms with Gasteiger partial charge in [0.1, 0.15) is 5.65 Å². The van der Waals surface area contributed by atoms with E-state index in [4.69, 9.17) is 33.9 Å². The van der Waals surface area contributed by atoms with Crippen LogP contribution in [0.3, 0.4) is 0 Å². The first-order valence-corrected chi connectivity index (χ1v) is 15.4. The molecular formula is C32H42ClFN8O3. The van der Waals surface area contributed by atoms with Crippen LogP contribution in [0.25, 0.3) is 28.0 Å². The van der Waals surface area contributed by atoms with E-state index in [1.54, 1.807) is 24.4 Å². The zero-order chi connectivity index (χ0) is 32.7. The van der Waals surface area contributed by atoms with Crippen molar-refractivity contribution in [3.8, 4) is 16.9 Å². The number of aliphatic hydroxyl groups is 2. The molecule has 0 spiro atoms. The third kappa shape index (κ3) is 9.12. The number of aryl methyl sites for hydroxylation is 1. The number of rotatable bonds is 15. The number of hydrogen-bond donors (Lipinski definition) is 7. The van der Waals surface area contributed by atoms with Crippen molar-refractivity contribution in [1.29, 1.82) is 0 Å². The van der Waals surface area contributed by atoms with Crippen molar-refractivity contribution in [2.45, 2.75) is 70.2 Å². The quantitative estimate of drug-likeness (QED) is 0.0760. The maximum Gasteiger partial charge on any atom is 0.354 e. The largest absolute Gasteiger partial charge is 0.394 e. The number of nitrogens with zero attached hydrogens (tertiary/aromatic N) is 3. The topological polar surface area (TPSA) is 194 Å². The number of benzene rings is 2. The van der Waals surface area contributed by atoms with Gasteiger partial charge in [0.25, 0.3) is 0 Å². The highest BCUT2D eigenvalue weighted by Gasteiger charge is 2.17. The SMILES string of the molecule is C[C@H](N)CCCc1cc(Cl)c(F)c(-c2cc3cn(-c4ccc([C@H](C)NCCC(CC(O)CO)N=C(N)N)cc4)c(=O)nc3[nH]2)c1. The molecule has 4 atom stereocenters. The molecule has 2 unspecified atom stereocenters. The van der Waals surface area contributed by atoms with Crippen LogP contribution in [-0.4, -0.2) is 62.0 Å². The maximum atomic E-state index is 15.1. The number of H-pyrrole nitrogens is 1. The standard InChI is InChI=1S/C32H42ClFN8O3/c1-18(35)4-3-5-20-12-26(29(34)27(33)13-20)28-14-22-16-42(32(45)41-30(22)40-28)24-8-6-21(7-9-24)19(2)38-11-10-23(39-31(36)37)15-25(44)17-43/h6-9,12-14,16,18-19,23,25,38,43-44H,3-5,10-11,15,17,35H2,1-2H3,(H4,36,37,39)(H,40,41,45)/t18-,19-,23?,25?/m0/s1. The Morgan fingerprint density at radius 2 is 1.91 bits per heavy atom. The van der Waals surface area contributed by atoms with Gasteiger partial charge in [0.2, 0.25) is 0 Å². The van der Waals surface area contributed by atoms with Gasteiger partial charge >= 0.3 is 5.69 Å². The third-order valence-electron chi connectivity index (χ3n) is 7.70. The molecule has 2 aromatic carbocycles. The highest BCUT2D eigenvalue weighted by Crippen LogP contribution is 2.31. The fourth-order valence-electron chi connectivity index (χ4n) is 5.28. The van der Waals surface area contributed by atoms with Crippen LogP contribution in [0.15, 0.2) is 58.4 Å². The van der Waals surface area contributed by atoms with Gasteiger partial charge in [0.05, 0.1) is 35.2 Å². The number of aliphatic hydroxyl groups excluding tert-OH is 2. The highest BCUT2D eigenvalue weighted by molar-refractivity contribution is 6.31. The summed E-state index contributed by atoms with van der Waals surface area (Å²) in [5, 5.41) is 23.0. The molecular weight excluding hydrogens is 599 g/mol. The predicted molar refractivity (Wildman–Crippen MR) is 177 cm³/mol. The van der Waals surface area contributed by atoms with Gasteiger partial charge in [-0.3, -0.25) is 9.56 Å². The van der Waals surface area contributed by atoms with Crippen LogP contribution in [0.1, 0.15) is 56.7 Å². The molecule has 0 aliphatic carbocycles. The molecule has 4 aromatic rings. The molecule has 0 aliphatic heterocycles. The molecule has 0 aliphatic rings. The summed E-state index contributed by atoms with van der Waals surface area (Å²) in [6.07, 6.45) is 4.01. The monoisotopic (exact) mass is 640 g/mol. The van der Waals surface area contributed by atoms with Gasteiger partial charge in [-0.1, -0.05) is 23.7 Å². The Morgan fingerprint density at radius 3 is 2.58 bits per heavy atom. The number of halogens is 2. The van der Waals surface area contributed by atoms with Crippen molar-refractivity contribution in [2.75, 3.05) is 13.2 Å². The molecule has 242 valence electrons. The van der Waals surface area contributed by atoms with Crippen molar-refractivity contribution >= 4 is 28.6 Å². The molecule has 11 nitrogen and oxygen atoms in total. The molecule has 4 rings (SSSR count). The van der Waals surface area contributed by atoms with Crippen LogP contribution in [0.2, 0.25) is 5.02 Å². The summed E-state index contributed by atoms with van der Waals surface area (Å²) < 4.78 is 16.6. The van der Waals surface area contributed by atoms with E-state index in [1.807, 2.05) is 38.1 Å². The normalized spacial score (nSPS) is 14.3. The minimum absolute atomic E-state index is 0.0255. The molecule has 0 saturated heterocycles. The lowest BCUT2D eigenvalue weighted by Gasteiger charge is -2.19. The maximum absolute atomic E-state index is 15.1. The second-order valence-corrected chi connectivity index (χ2v) is 11.9. The van der Waals surface area contributed by atoms with Gasteiger partial charge in [-0.25, -0.2) is 9.18 Å². The van der Waals surface area contributed by atoms with Crippen molar-refractivity contribution in [1.82, 2.24) is 19.9 Å². The molecule has 45 heavy (non-hydrogen) atoms. The van der Waals surface area contributed by atoms with Gasteiger partial charge < -0.3 is 37.7 Å². The average Bonchev–Trinajstić information content (AvgIpc) is 3.40. The minimum atomic E-state index is -0.899. The van der Waals surface area contributed by atoms with Crippen LogP contribution in [-0.2, 0) is 6.42 Å². The number of aromatic nitrogens is 3. The van der Waals surface area contributed by atoms with E-state index in [0.717, 1.165) is 30.4 Å². The second-order valence-electron chi connectivity index (χ2n) is 11.5. The Hall–Kier alpha value is -3.81. The highest BCUT2D eigenvalue weighted by atomic mass is 35.5. The third-order valence-corrected chi connectivity index (χ3v) is 7.97. The number of nitrogens with two attached hydrogens (primary N) is 3. The lowest BCUT2D eigenvalue weighted by atomic mass is 10.0. The van der Waals surface area contributed by atoms with E-state index in [2.05, 4.69) is 20.3 Å². The Bertz CT molecular complexity index is 1670. The predicted octanol–water partition coefficient (Wildman–Crippen LogP) is 3.27. The van der Waals surface area contributed by atoms with Crippen LogP contribution in [0, 0.1) is 5.82 Å². The van der Waals surface area contributed by atoms with Crippen LogP contribution in [0.5, 0.6) is 0 Å². The molecule has 0 fully saturated rings. The number of aromatic amines is 1. The zero-order valence-electron chi connectivity index (χ0n) is 25.5. The number of aliphatic imine (C=N–C) groups is 1. The summed E-state index contributed by atoms with van der Waals surface area (Å²) in [4.78, 5) is 24.4. The zero-order valence-corrected chi connectivity index (χ0v) is 26.3. The molecule has 0 saturated carbocycles. The van der Waals surface area contributed by atoms with E-state index in [0.29, 0.717) is 40.9 Å². The van der Waals surface area contributed by atoms with Gasteiger partial charge in [0, 0.05) is 29.2 Å². The Morgan fingerprint density at radius 1 is 1.18 bits per heavy atom. The molecule has 0 bridgehead atoms. The summed E-state index contributed by atoms with van der Waals surface area (Å²) >= 11 is 6.24. The van der Waals surface area contributed by atoms with E-state index in [9.17, 15) is 9.90 Å². The van der Waals surface area contributed by atoms with E-state index < -0.39 is 17.6 Å². The molecule has 2 aromatic heterocycles. The molecule has 13 heteroatoms. The summed E-state index contributed by atoms with van der Waals surface area (Å²) in [5.74, 6) is -0.607. The van der Waals surface area contributed by atoms with Crippen molar-refractivity contribution in [2.24, 2.45) is 22.2 Å². The number of nitrogens with one attached hydrogen (secondary N) is 2. The van der Waals surface area contributed by atoms with Crippen LogP contribution < -0.4 is 28.2 Å². The fourth-order valence-corrected chi connectivity index (χ4v) is 5.52. The van der Waals surface area contributed by atoms with Crippen molar-refractivity contribution in [3.63, 3.8) is 0 Å². The lowest BCUT2D eigenvalue weighted by Crippen LogP contribution is -2.30.